The van der Waals surface area contributed by atoms with Gasteiger partial charge in [0.15, 0.2) is 0 Å². The van der Waals surface area contributed by atoms with E-state index in [-0.39, 0.29) is 0 Å². The van der Waals surface area contributed by atoms with Gasteiger partial charge in [-0.3, -0.25) is 0 Å². The molecular weight excluding hydrogens is 364 g/mol. The number of rotatable bonds is 1. The second kappa shape index (κ2) is 5.13. The molecule has 3 heteroatoms. The van der Waals surface area contributed by atoms with Crippen molar-refractivity contribution in [1.29, 1.82) is 0 Å². The van der Waals surface area contributed by atoms with Gasteiger partial charge in [0.05, 0.1) is 0 Å². The minimum atomic E-state index is 0.791. The van der Waals surface area contributed by atoms with E-state index in [0.29, 0.717) is 0 Å². The van der Waals surface area contributed by atoms with Gasteiger partial charge in [0, 0.05) is 29.7 Å². The van der Waals surface area contributed by atoms with Crippen LogP contribution in [0.5, 0.6) is 0 Å². The van der Waals surface area contributed by atoms with E-state index < -0.39 is 0 Å². The molecule has 1 aromatic heterocycles. The summed E-state index contributed by atoms with van der Waals surface area (Å²) in [5.41, 5.74) is 2.51. The maximum Gasteiger partial charge on any atom is 0.0420 e. The molecule has 1 heterocycles. The van der Waals surface area contributed by atoms with Gasteiger partial charge in [-0.25, -0.2) is 0 Å². The first-order chi connectivity index (χ1) is 10.2. The molecule has 4 aromatic rings. The minimum Gasteiger partial charge on any atom is -0.135 e. The molecule has 0 atom stereocenters. The Morgan fingerprint density at radius 1 is 0.857 bits per heavy atom. The molecule has 0 aliphatic heterocycles. The van der Waals surface area contributed by atoms with Crippen LogP contribution in [-0.4, -0.2) is 0 Å². The summed E-state index contributed by atoms with van der Waals surface area (Å²) in [6.07, 6.45) is 0. The fourth-order valence-electron chi connectivity index (χ4n) is 2.67. The van der Waals surface area contributed by atoms with Crippen molar-refractivity contribution < 1.29 is 0 Å². The van der Waals surface area contributed by atoms with Gasteiger partial charge in [-0.1, -0.05) is 57.9 Å². The predicted octanol–water partition coefficient (Wildman–Crippen LogP) is 7.14. The summed E-state index contributed by atoms with van der Waals surface area (Å²) in [5.74, 6) is 0. The number of hydrogen-bond acceptors (Lipinski definition) is 1. The third kappa shape index (κ3) is 2.28. The van der Waals surface area contributed by atoms with Gasteiger partial charge < -0.3 is 0 Å². The fourth-order valence-corrected chi connectivity index (χ4v) is 4.34. The predicted molar refractivity (Wildman–Crippen MR) is 97.5 cm³/mol. The molecule has 0 aliphatic rings. The highest BCUT2D eigenvalue weighted by Crippen LogP contribution is 2.40. The Hall–Kier alpha value is -1.35. The number of benzene rings is 3. The van der Waals surface area contributed by atoms with Gasteiger partial charge in [0.2, 0.25) is 0 Å². The summed E-state index contributed by atoms with van der Waals surface area (Å²) in [7, 11) is 0. The molecule has 0 bridgehead atoms. The standard InChI is InChI=1S/C18H10BrClS/c19-12-6-4-11(5-7-12)14-2-1-3-16-18(14)15-9-8-13(20)10-17(15)21-16/h1-10H. The Morgan fingerprint density at radius 2 is 1.67 bits per heavy atom. The van der Waals surface area contributed by atoms with Crippen molar-refractivity contribution in [2.45, 2.75) is 0 Å². The van der Waals surface area contributed by atoms with Crippen LogP contribution in [0.25, 0.3) is 31.3 Å². The molecule has 0 aliphatic carbocycles. The summed E-state index contributed by atoms with van der Waals surface area (Å²) in [6, 6.07) is 21.1. The van der Waals surface area contributed by atoms with E-state index in [4.69, 9.17) is 11.6 Å². The summed E-state index contributed by atoms with van der Waals surface area (Å²) in [4.78, 5) is 0. The van der Waals surface area contributed by atoms with Crippen molar-refractivity contribution in [2.24, 2.45) is 0 Å². The van der Waals surface area contributed by atoms with Crippen molar-refractivity contribution in [3.8, 4) is 11.1 Å². The lowest BCUT2D eigenvalue weighted by atomic mass is 10.00. The van der Waals surface area contributed by atoms with E-state index in [1.807, 2.05) is 12.1 Å². The van der Waals surface area contributed by atoms with Crippen LogP contribution in [0.3, 0.4) is 0 Å². The van der Waals surface area contributed by atoms with Gasteiger partial charge >= 0.3 is 0 Å². The molecule has 0 saturated heterocycles. The monoisotopic (exact) mass is 372 g/mol. The Labute approximate surface area is 140 Å². The Bertz CT molecular complexity index is 954. The molecule has 102 valence electrons. The summed E-state index contributed by atoms with van der Waals surface area (Å²) in [5, 5.41) is 3.38. The van der Waals surface area contributed by atoms with Crippen molar-refractivity contribution in [3.05, 3.63) is 70.2 Å². The van der Waals surface area contributed by atoms with E-state index >= 15 is 0 Å². The maximum atomic E-state index is 6.12. The number of thiophene rings is 1. The quantitative estimate of drug-likeness (QED) is 0.332. The first kappa shape index (κ1) is 13.3. The maximum absolute atomic E-state index is 6.12. The number of hydrogen-bond donors (Lipinski definition) is 0. The molecule has 0 nitrogen and oxygen atoms in total. The third-order valence-corrected chi connectivity index (χ3v) is 5.50. The zero-order valence-electron chi connectivity index (χ0n) is 10.9. The topological polar surface area (TPSA) is 0 Å². The average molecular weight is 374 g/mol. The normalized spacial score (nSPS) is 11.3. The van der Waals surface area contributed by atoms with E-state index in [0.717, 1.165) is 9.50 Å². The van der Waals surface area contributed by atoms with Crippen molar-refractivity contribution in [1.82, 2.24) is 0 Å². The SMILES string of the molecule is Clc1ccc2c(c1)sc1cccc(-c3ccc(Br)cc3)c12. The molecule has 0 fully saturated rings. The summed E-state index contributed by atoms with van der Waals surface area (Å²) >= 11 is 11.4. The highest BCUT2D eigenvalue weighted by molar-refractivity contribution is 9.10. The Balaban J connectivity index is 2.09. The van der Waals surface area contributed by atoms with Crippen molar-refractivity contribution in [2.75, 3.05) is 0 Å². The van der Waals surface area contributed by atoms with Crippen molar-refractivity contribution >= 4 is 59.0 Å². The Morgan fingerprint density at radius 3 is 2.48 bits per heavy atom. The van der Waals surface area contributed by atoms with Crippen molar-refractivity contribution in [3.63, 3.8) is 0 Å². The number of halogens is 2. The highest BCUT2D eigenvalue weighted by Gasteiger charge is 2.10. The average Bonchev–Trinajstić information content (AvgIpc) is 2.85. The van der Waals surface area contributed by atoms with E-state index in [9.17, 15) is 0 Å². The lowest BCUT2D eigenvalue weighted by Crippen LogP contribution is -1.79. The van der Waals surface area contributed by atoms with Gasteiger partial charge in [-0.2, -0.15) is 0 Å². The first-order valence-electron chi connectivity index (χ1n) is 6.59. The third-order valence-electron chi connectivity index (χ3n) is 3.61. The molecule has 21 heavy (non-hydrogen) atoms. The van der Waals surface area contributed by atoms with Crippen LogP contribution >= 0.6 is 38.9 Å². The zero-order valence-corrected chi connectivity index (χ0v) is 14.1. The first-order valence-corrected chi connectivity index (χ1v) is 8.58. The highest BCUT2D eigenvalue weighted by atomic mass is 79.9. The summed E-state index contributed by atoms with van der Waals surface area (Å²) in [6.45, 7) is 0. The molecule has 4 rings (SSSR count). The molecule has 0 saturated carbocycles. The molecule has 3 aromatic carbocycles. The second-order valence-corrected chi connectivity index (χ2v) is 7.36. The zero-order chi connectivity index (χ0) is 14.4. The fraction of sp³-hybridized carbons (Fsp3) is 0. The minimum absolute atomic E-state index is 0.791. The van der Waals surface area contributed by atoms with Crippen LogP contribution in [0.15, 0.2) is 65.1 Å². The molecule has 0 amide bonds. The second-order valence-electron chi connectivity index (χ2n) is 4.93. The van der Waals surface area contributed by atoms with Crippen LogP contribution in [0, 0.1) is 0 Å². The van der Waals surface area contributed by atoms with Gasteiger partial charge in [0.25, 0.3) is 0 Å². The number of fused-ring (bicyclic) bond motifs is 3. The molecule has 0 radical (unpaired) electrons. The molecule has 0 N–H and O–H groups in total. The van der Waals surface area contributed by atoms with Crippen LogP contribution in [-0.2, 0) is 0 Å². The lowest BCUT2D eigenvalue weighted by molar-refractivity contribution is 1.63. The smallest absolute Gasteiger partial charge is 0.0420 e. The van der Waals surface area contributed by atoms with Gasteiger partial charge in [-0.15, -0.1) is 11.3 Å². The van der Waals surface area contributed by atoms with Crippen LogP contribution < -0.4 is 0 Å². The van der Waals surface area contributed by atoms with E-state index in [1.165, 1.54) is 31.3 Å². The largest absolute Gasteiger partial charge is 0.135 e. The molecular formula is C18H10BrClS. The van der Waals surface area contributed by atoms with Gasteiger partial charge in [-0.05, 0) is 41.5 Å². The lowest BCUT2D eigenvalue weighted by Gasteiger charge is -2.05. The Kier molecular flexibility index (Phi) is 3.26. The molecule has 0 spiro atoms. The molecule has 0 unspecified atom stereocenters. The van der Waals surface area contributed by atoms with E-state index in [1.54, 1.807) is 11.3 Å². The van der Waals surface area contributed by atoms with Gasteiger partial charge in [0.1, 0.15) is 0 Å². The van der Waals surface area contributed by atoms with E-state index in [2.05, 4.69) is 64.5 Å². The van der Waals surface area contributed by atoms with Crippen LogP contribution in [0.4, 0.5) is 0 Å². The van der Waals surface area contributed by atoms with Crippen LogP contribution in [0.2, 0.25) is 5.02 Å². The summed E-state index contributed by atoms with van der Waals surface area (Å²) < 4.78 is 3.63. The van der Waals surface area contributed by atoms with Crippen LogP contribution in [0.1, 0.15) is 0 Å².